The van der Waals surface area contributed by atoms with E-state index in [9.17, 15) is 0 Å². The second kappa shape index (κ2) is 10.4. The number of aromatic amines is 2. The van der Waals surface area contributed by atoms with E-state index in [1.165, 1.54) is 11.1 Å². The maximum Gasteiger partial charge on any atom is 0.169 e. The van der Waals surface area contributed by atoms with Crippen LogP contribution in [-0.2, 0) is 0 Å². The van der Waals surface area contributed by atoms with Crippen molar-refractivity contribution in [2.24, 2.45) is 0 Å². The Morgan fingerprint density at radius 1 is 0.750 bits per heavy atom. The van der Waals surface area contributed by atoms with E-state index in [1.807, 2.05) is 36.9 Å². The van der Waals surface area contributed by atoms with E-state index in [4.69, 9.17) is 0 Å². The van der Waals surface area contributed by atoms with Gasteiger partial charge in [-0.15, -0.1) is 0 Å². The van der Waals surface area contributed by atoms with Crippen molar-refractivity contribution in [1.82, 2.24) is 0 Å². The zero-order valence-corrected chi connectivity index (χ0v) is 10.9. The van der Waals surface area contributed by atoms with Gasteiger partial charge >= 0.3 is 0 Å². The van der Waals surface area contributed by atoms with Gasteiger partial charge in [-0.2, -0.15) is 0 Å². The molecule has 4 heteroatoms. The lowest BCUT2D eigenvalue weighted by Gasteiger charge is -1.76. The lowest BCUT2D eigenvalue weighted by atomic mass is 10.3. The third-order valence-electron chi connectivity index (χ3n) is 1.73. The average Bonchev–Trinajstić information content (AvgIpc) is 2.21. The van der Waals surface area contributed by atoms with E-state index in [1.54, 1.807) is 0 Å². The highest BCUT2D eigenvalue weighted by Gasteiger charge is 1.79. The van der Waals surface area contributed by atoms with Crippen LogP contribution in [0, 0.1) is 13.8 Å². The lowest BCUT2D eigenvalue weighted by molar-refractivity contribution is -0.378. The summed E-state index contributed by atoms with van der Waals surface area (Å²) in [6, 6.07) is 8.07. The molecule has 0 aliphatic heterocycles. The minimum atomic E-state index is 0. The van der Waals surface area contributed by atoms with Gasteiger partial charge in [0.05, 0.1) is 0 Å². The lowest BCUT2D eigenvalue weighted by Crippen LogP contribution is -3.00. The molecule has 2 nitrogen and oxygen atoms in total. The summed E-state index contributed by atoms with van der Waals surface area (Å²) < 4.78 is 0. The van der Waals surface area contributed by atoms with Gasteiger partial charge in [0.15, 0.2) is 24.8 Å². The second-order valence-corrected chi connectivity index (χ2v) is 3.16. The summed E-state index contributed by atoms with van der Waals surface area (Å²) in [7, 11) is 0. The molecule has 0 aromatic carbocycles. The smallest absolute Gasteiger partial charge is 0.169 e. The van der Waals surface area contributed by atoms with Crippen LogP contribution >= 0.6 is 0 Å². The van der Waals surface area contributed by atoms with Crippen molar-refractivity contribution in [3.8, 4) is 0 Å². The molecule has 2 rings (SSSR count). The highest BCUT2D eigenvalue weighted by Crippen LogP contribution is 1.85. The minimum Gasteiger partial charge on any atom is -1.00 e. The number of aryl methyl sites for hydroxylation is 2. The number of H-pyrrole nitrogens is 2. The third-order valence-corrected chi connectivity index (χ3v) is 1.73. The summed E-state index contributed by atoms with van der Waals surface area (Å²) >= 11 is 0. The fourth-order valence-corrected chi connectivity index (χ4v) is 0.966. The molecule has 2 aromatic heterocycles. The van der Waals surface area contributed by atoms with E-state index in [0.717, 1.165) is 0 Å². The van der Waals surface area contributed by atoms with Crippen molar-refractivity contribution in [1.29, 1.82) is 0 Å². The van der Waals surface area contributed by atoms with Gasteiger partial charge < -0.3 is 24.8 Å². The highest BCUT2D eigenvalue weighted by atomic mass is 35.5. The number of nitrogens with one attached hydrogen (secondary N) is 2. The topological polar surface area (TPSA) is 28.3 Å². The van der Waals surface area contributed by atoms with Crippen LogP contribution in [0.1, 0.15) is 11.1 Å². The van der Waals surface area contributed by atoms with Crippen molar-refractivity contribution in [3.63, 3.8) is 0 Å². The molecule has 0 spiro atoms. The Morgan fingerprint density at radius 3 is 1.25 bits per heavy atom. The van der Waals surface area contributed by atoms with Crippen LogP contribution < -0.4 is 34.8 Å². The number of halogens is 2. The molecular weight excluding hydrogens is 243 g/mol. The number of rotatable bonds is 0. The zero-order chi connectivity index (χ0) is 10.2. The van der Waals surface area contributed by atoms with Gasteiger partial charge in [0.2, 0.25) is 0 Å². The standard InChI is InChI=1S/2C6H7N.2ClH/c2*1-6-3-2-4-7-5-6;;/h2*2-5H,1H3;2*1H. The SMILES string of the molecule is Cc1ccc[nH+]c1.Cc1ccc[nH+]c1.[Cl-].[Cl-]. The molecule has 0 saturated carbocycles. The van der Waals surface area contributed by atoms with Crippen LogP contribution in [0.25, 0.3) is 0 Å². The number of hydrogen-bond acceptors (Lipinski definition) is 0. The van der Waals surface area contributed by atoms with Crippen LogP contribution in [0.5, 0.6) is 0 Å². The fraction of sp³-hybridized carbons (Fsp3) is 0.167. The van der Waals surface area contributed by atoms with Crippen molar-refractivity contribution in [3.05, 3.63) is 60.2 Å². The zero-order valence-electron chi connectivity index (χ0n) is 9.37. The molecule has 0 aliphatic rings. The molecule has 2 aromatic rings. The Hall–Kier alpha value is -1.12. The molecule has 0 radical (unpaired) electrons. The first-order valence-electron chi connectivity index (χ1n) is 4.64. The molecular formula is C12H16Cl2N2. The summed E-state index contributed by atoms with van der Waals surface area (Å²) in [5.41, 5.74) is 2.53. The number of pyridine rings is 2. The second-order valence-electron chi connectivity index (χ2n) is 3.16. The average molecular weight is 259 g/mol. The van der Waals surface area contributed by atoms with Gasteiger partial charge in [0.1, 0.15) is 0 Å². The Balaban J connectivity index is 0. The molecule has 0 aliphatic carbocycles. The van der Waals surface area contributed by atoms with Gasteiger partial charge in [-0.3, -0.25) is 0 Å². The predicted octanol–water partition coefficient (Wildman–Crippen LogP) is -4.37. The molecule has 2 N–H and O–H groups in total. The molecule has 0 amide bonds. The molecule has 0 fully saturated rings. The quantitative estimate of drug-likeness (QED) is 0.457. The molecule has 0 bridgehead atoms. The Morgan fingerprint density at radius 2 is 1.12 bits per heavy atom. The number of hydrogen-bond donors (Lipinski definition) is 0. The third kappa shape index (κ3) is 8.21. The first-order chi connectivity index (χ1) is 6.79. The normalized spacial score (nSPS) is 7.62. The van der Waals surface area contributed by atoms with Gasteiger partial charge in [0.25, 0.3) is 0 Å². The Bertz CT molecular complexity index is 314. The van der Waals surface area contributed by atoms with E-state index in [0.29, 0.717) is 0 Å². The van der Waals surface area contributed by atoms with E-state index < -0.39 is 0 Å². The van der Waals surface area contributed by atoms with Crippen LogP contribution in [0.4, 0.5) is 0 Å². The van der Waals surface area contributed by atoms with Crippen LogP contribution in [0.2, 0.25) is 0 Å². The van der Waals surface area contributed by atoms with E-state index in [-0.39, 0.29) is 24.8 Å². The largest absolute Gasteiger partial charge is 1.00 e. The van der Waals surface area contributed by atoms with Crippen LogP contribution in [0.3, 0.4) is 0 Å². The molecule has 2 heterocycles. The summed E-state index contributed by atoms with van der Waals surface area (Å²) in [6.07, 6.45) is 7.71. The maximum absolute atomic E-state index is 2.96. The summed E-state index contributed by atoms with van der Waals surface area (Å²) in [5.74, 6) is 0. The van der Waals surface area contributed by atoms with Gasteiger partial charge in [0, 0.05) is 23.3 Å². The van der Waals surface area contributed by atoms with E-state index >= 15 is 0 Å². The van der Waals surface area contributed by atoms with Crippen molar-refractivity contribution < 1.29 is 34.8 Å². The number of aromatic nitrogens is 2. The molecule has 88 valence electrons. The van der Waals surface area contributed by atoms with Crippen molar-refractivity contribution in [2.75, 3.05) is 0 Å². The fourth-order valence-electron chi connectivity index (χ4n) is 0.966. The van der Waals surface area contributed by atoms with Gasteiger partial charge in [-0.05, 0) is 26.0 Å². The maximum atomic E-state index is 2.96. The van der Waals surface area contributed by atoms with Crippen molar-refractivity contribution >= 4 is 0 Å². The first kappa shape index (κ1) is 17.3. The molecule has 0 saturated heterocycles. The van der Waals surface area contributed by atoms with Gasteiger partial charge in [-0.1, -0.05) is 0 Å². The predicted molar refractivity (Wildman–Crippen MR) is 55.5 cm³/mol. The minimum absolute atomic E-state index is 0. The van der Waals surface area contributed by atoms with Crippen molar-refractivity contribution in [2.45, 2.75) is 13.8 Å². The van der Waals surface area contributed by atoms with E-state index in [2.05, 4.69) is 35.9 Å². The van der Waals surface area contributed by atoms with Gasteiger partial charge in [-0.25, -0.2) is 9.97 Å². The summed E-state index contributed by atoms with van der Waals surface area (Å²) in [5, 5.41) is 0. The van der Waals surface area contributed by atoms with Crippen LogP contribution in [0.15, 0.2) is 49.1 Å². The van der Waals surface area contributed by atoms with Crippen LogP contribution in [-0.4, -0.2) is 0 Å². The summed E-state index contributed by atoms with van der Waals surface area (Å²) in [4.78, 5) is 5.92. The first-order valence-corrected chi connectivity index (χ1v) is 4.64. The molecule has 0 unspecified atom stereocenters. The Kier molecular flexibility index (Phi) is 11.2. The molecule has 0 atom stereocenters. The Labute approximate surface area is 109 Å². The summed E-state index contributed by atoms with van der Waals surface area (Å²) in [6.45, 7) is 4.10. The molecule has 16 heavy (non-hydrogen) atoms. The highest BCUT2D eigenvalue weighted by molar-refractivity contribution is 5.01. The monoisotopic (exact) mass is 258 g/mol.